The lowest BCUT2D eigenvalue weighted by Gasteiger charge is -2.05. The highest BCUT2D eigenvalue weighted by Gasteiger charge is 2.13. The summed E-state index contributed by atoms with van der Waals surface area (Å²) in [5, 5.41) is -0.0188. The lowest BCUT2D eigenvalue weighted by molar-refractivity contribution is 0.602. The summed E-state index contributed by atoms with van der Waals surface area (Å²) in [6, 6.07) is 3.21. The van der Waals surface area contributed by atoms with Crippen molar-refractivity contribution in [1.82, 2.24) is 15.0 Å². The highest BCUT2D eigenvalue weighted by molar-refractivity contribution is 6.30. The van der Waals surface area contributed by atoms with E-state index in [0.717, 1.165) is 12.1 Å². The van der Waals surface area contributed by atoms with Gasteiger partial charge in [0, 0.05) is 6.20 Å². The summed E-state index contributed by atoms with van der Waals surface area (Å²) in [4.78, 5) is 22.2. The van der Waals surface area contributed by atoms with Crippen molar-refractivity contribution in [3.8, 4) is 11.4 Å². The van der Waals surface area contributed by atoms with E-state index in [1.807, 2.05) is 0 Å². The van der Waals surface area contributed by atoms with Crippen molar-refractivity contribution < 1.29 is 8.78 Å². The Labute approximate surface area is 116 Å². The Morgan fingerprint density at radius 3 is 2.80 bits per heavy atom. The summed E-state index contributed by atoms with van der Waals surface area (Å²) in [6.45, 7) is 0. The van der Waals surface area contributed by atoms with E-state index in [4.69, 9.17) is 11.6 Å². The maximum atomic E-state index is 13.8. The molecule has 0 unspecified atom stereocenters. The van der Waals surface area contributed by atoms with Gasteiger partial charge in [-0.1, -0.05) is 11.6 Å². The molecule has 0 fully saturated rings. The Hall–Kier alpha value is -2.34. The molecular formula is C13H6ClF2N3O. The van der Waals surface area contributed by atoms with Crippen LogP contribution in [0.2, 0.25) is 5.02 Å². The first-order chi connectivity index (χ1) is 9.56. The van der Waals surface area contributed by atoms with E-state index in [2.05, 4.69) is 15.0 Å². The lowest BCUT2D eigenvalue weighted by Crippen LogP contribution is -2.10. The molecule has 4 nitrogen and oxygen atoms in total. The van der Waals surface area contributed by atoms with Gasteiger partial charge in [0.05, 0.1) is 27.7 Å². The molecule has 0 atom stereocenters. The number of H-pyrrole nitrogens is 1. The van der Waals surface area contributed by atoms with Gasteiger partial charge in [-0.3, -0.25) is 9.78 Å². The number of fused-ring (bicyclic) bond motifs is 1. The van der Waals surface area contributed by atoms with Crippen LogP contribution in [-0.2, 0) is 0 Å². The summed E-state index contributed by atoms with van der Waals surface area (Å²) >= 11 is 5.48. The van der Waals surface area contributed by atoms with Crippen molar-refractivity contribution in [2.24, 2.45) is 0 Å². The van der Waals surface area contributed by atoms with Crippen molar-refractivity contribution in [2.75, 3.05) is 0 Å². The molecule has 0 aliphatic carbocycles. The van der Waals surface area contributed by atoms with Gasteiger partial charge in [0.15, 0.2) is 0 Å². The Kier molecular flexibility index (Phi) is 2.94. The van der Waals surface area contributed by atoms with Crippen molar-refractivity contribution in [1.29, 1.82) is 0 Å². The Balaban J connectivity index is 2.30. The molecule has 1 N–H and O–H groups in total. The molecule has 1 aromatic carbocycles. The molecule has 2 aromatic heterocycles. The van der Waals surface area contributed by atoms with Crippen molar-refractivity contribution in [3.05, 3.63) is 57.6 Å². The molecule has 0 aliphatic heterocycles. The summed E-state index contributed by atoms with van der Waals surface area (Å²) in [7, 11) is 0. The molecule has 0 saturated heterocycles. The largest absolute Gasteiger partial charge is 0.306 e. The smallest absolute Gasteiger partial charge is 0.259 e. The van der Waals surface area contributed by atoms with Gasteiger partial charge in [-0.15, -0.1) is 0 Å². The molecule has 0 bridgehead atoms. The number of aromatic amines is 1. The number of benzene rings is 1. The summed E-state index contributed by atoms with van der Waals surface area (Å²) in [6.07, 6.45) is 2.82. The standard InChI is InChI=1S/C13H6ClF2N3O/c14-8-4-9(15)7(3-10(8)16)12-18-11-5-17-2-1-6(11)13(20)19-12/h1-5H,(H,18,19,20). The van der Waals surface area contributed by atoms with Crippen LogP contribution in [0, 0.1) is 11.6 Å². The maximum absolute atomic E-state index is 13.8. The number of nitrogens with one attached hydrogen (secondary N) is 1. The Bertz CT molecular complexity index is 879. The van der Waals surface area contributed by atoms with Crippen molar-refractivity contribution in [2.45, 2.75) is 0 Å². The summed E-state index contributed by atoms with van der Waals surface area (Å²) < 4.78 is 27.2. The average molecular weight is 294 g/mol. The number of nitrogens with zero attached hydrogens (tertiary/aromatic N) is 2. The molecule has 0 spiro atoms. The lowest BCUT2D eigenvalue weighted by atomic mass is 10.2. The fraction of sp³-hybridized carbons (Fsp3) is 0. The van der Waals surface area contributed by atoms with Crippen LogP contribution in [-0.4, -0.2) is 15.0 Å². The molecule has 7 heteroatoms. The van der Waals surface area contributed by atoms with Gasteiger partial charge < -0.3 is 4.98 Å². The van der Waals surface area contributed by atoms with Gasteiger partial charge in [0.25, 0.3) is 5.56 Å². The van der Waals surface area contributed by atoms with E-state index >= 15 is 0 Å². The van der Waals surface area contributed by atoms with E-state index in [1.165, 1.54) is 18.5 Å². The highest BCUT2D eigenvalue weighted by atomic mass is 35.5. The number of hydrogen-bond acceptors (Lipinski definition) is 3. The van der Waals surface area contributed by atoms with E-state index in [-0.39, 0.29) is 16.4 Å². The molecule has 0 radical (unpaired) electrons. The second kappa shape index (κ2) is 4.64. The molecule has 3 rings (SSSR count). The SMILES string of the molecule is O=c1[nH]c(-c2cc(F)c(Cl)cc2F)nc2cnccc12. The highest BCUT2D eigenvalue weighted by Crippen LogP contribution is 2.25. The third-order valence-electron chi connectivity index (χ3n) is 2.77. The Morgan fingerprint density at radius 2 is 2.00 bits per heavy atom. The molecule has 20 heavy (non-hydrogen) atoms. The average Bonchev–Trinajstić information content (AvgIpc) is 2.43. The predicted octanol–water partition coefficient (Wildman–Crippen LogP) is 2.92. The number of aromatic nitrogens is 3. The van der Waals surface area contributed by atoms with Crippen LogP contribution in [0.1, 0.15) is 0 Å². The zero-order valence-corrected chi connectivity index (χ0v) is 10.6. The van der Waals surface area contributed by atoms with E-state index in [0.29, 0.717) is 10.9 Å². The van der Waals surface area contributed by atoms with Gasteiger partial charge >= 0.3 is 0 Å². The molecule has 100 valence electrons. The van der Waals surface area contributed by atoms with Gasteiger partial charge in [0.2, 0.25) is 0 Å². The normalized spacial score (nSPS) is 10.9. The number of hydrogen-bond donors (Lipinski definition) is 1. The van der Waals surface area contributed by atoms with Crippen LogP contribution in [0.15, 0.2) is 35.4 Å². The molecule has 2 heterocycles. The van der Waals surface area contributed by atoms with Crippen LogP contribution in [0.5, 0.6) is 0 Å². The van der Waals surface area contributed by atoms with Gasteiger partial charge in [0.1, 0.15) is 17.5 Å². The minimum atomic E-state index is -0.794. The van der Waals surface area contributed by atoms with Gasteiger partial charge in [-0.05, 0) is 18.2 Å². The van der Waals surface area contributed by atoms with Crippen LogP contribution in [0.25, 0.3) is 22.3 Å². The molecular weight excluding hydrogens is 288 g/mol. The zero-order valence-electron chi connectivity index (χ0n) is 9.82. The number of rotatable bonds is 1. The second-order valence-corrected chi connectivity index (χ2v) is 4.46. The van der Waals surface area contributed by atoms with Gasteiger partial charge in [-0.25, -0.2) is 13.8 Å². The third-order valence-corrected chi connectivity index (χ3v) is 3.06. The van der Waals surface area contributed by atoms with E-state index < -0.39 is 17.2 Å². The monoisotopic (exact) mass is 293 g/mol. The Morgan fingerprint density at radius 1 is 1.20 bits per heavy atom. The molecule has 0 aliphatic rings. The first kappa shape index (κ1) is 12.7. The number of pyridine rings is 1. The van der Waals surface area contributed by atoms with Crippen LogP contribution in [0.3, 0.4) is 0 Å². The summed E-state index contributed by atoms with van der Waals surface area (Å²) in [5.74, 6) is -1.65. The van der Waals surface area contributed by atoms with Crippen LogP contribution >= 0.6 is 11.6 Å². The fourth-order valence-corrected chi connectivity index (χ4v) is 1.97. The first-order valence-electron chi connectivity index (χ1n) is 5.55. The quantitative estimate of drug-likeness (QED) is 0.702. The molecule has 0 amide bonds. The fourth-order valence-electron chi connectivity index (χ4n) is 1.82. The van der Waals surface area contributed by atoms with Gasteiger partial charge in [-0.2, -0.15) is 0 Å². The van der Waals surface area contributed by atoms with Crippen molar-refractivity contribution in [3.63, 3.8) is 0 Å². The third kappa shape index (κ3) is 2.04. The predicted molar refractivity (Wildman–Crippen MR) is 70.5 cm³/mol. The second-order valence-electron chi connectivity index (χ2n) is 4.05. The molecule has 3 aromatic rings. The first-order valence-corrected chi connectivity index (χ1v) is 5.93. The topological polar surface area (TPSA) is 58.6 Å². The van der Waals surface area contributed by atoms with Crippen molar-refractivity contribution >= 4 is 22.5 Å². The van der Waals surface area contributed by atoms with Crippen LogP contribution < -0.4 is 5.56 Å². The van der Waals surface area contributed by atoms with Crippen LogP contribution in [0.4, 0.5) is 8.78 Å². The summed E-state index contributed by atoms with van der Waals surface area (Å²) in [5.41, 5.74) is -0.335. The number of halogens is 3. The minimum absolute atomic E-state index is 0.0800. The maximum Gasteiger partial charge on any atom is 0.259 e. The van der Waals surface area contributed by atoms with E-state index in [9.17, 15) is 13.6 Å². The molecule has 0 saturated carbocycles. The zero-order chi connectivity index (χ0) is 14.3. The minimum Gasteiger partial charge on any atom is -0.306 e. The van der Waals surface area contributed by atoms with E-state index in [1.54, 1.807) is 0 Å².